The molecule has 0 unspecified atom stereocenters. The number of ether oxygens (including phenoxy) is 1. The molecular formula is C26H23F6N5O6. The maximum atomic E-state index is 12.8. The lowest BCUT2D eigenvalue weighted by molar-refractivity contribution is -0.193. The van der Waals surface area contributed by atoms with Crippen LogP contribution in [0.4, 0.5) is 32.0 Å². The number of alkyl halides is 6. The van der Waals surface area contributed by atoms with Crippen molar-refractivity contribution in [3.63, 3.8) is 0 Å². The molecule has 0 aliphatic heterocycles. The summed E-state index contributed by atoms with van der Waals surface area (Å²) in [5.41, 5.74) is 9.26. The fraction of sp³-hybridized carbons (Fsp3) is 0.192. The molecule has 0 spiro atoms. The summed E-state index contributed by atoms with van der Waals surface area (Å²) < 4.78 is 69.3. The predicted octanol–water partition coefficient (Wildman–Crippen LogP) is 4.43. The van der Waals surface area contributed by atoms with Crippen LogP contribution < -0.4 is 15.8 Å². The number of aromatic amines is 1. The van der Waals surface area contributed by atoms with E-state index in [-0.39, 0.29) is 11.9 Å². The molecule has 4 rings (SSSR count). The number of rotatable bonds is 7. The number of nitrogens with zero attached hydrogens (tertiary/aromatic N) is 2. The van der Waals surface area contributed by atoms with Crippen molar-refractivity contribution >= 4 is 34.4 Å². The van der Waals surface area contributed by atoms with Gasteiger partial charge in [0.05, 0.1) is 17.3 Å². The van der Waals surface area contributed by atoms with Crippen molar-refractivity contribution < 1.29 is 55.7 Å². The lowest BCUT2D eigenvalue weighted by Gasteiger charge is -2.15. The van der Waals surface area contributed by atoms with Gasteiger partial charge in [0.15, 0.2) is 0 Å². The van der Waals surface area contributed by atoms with E-state index >= 15 is 0 Å². The van der Waals surface area contributed by atoms with Crippen LogP contribution in [-0.4, -0.2) is 68.2 Å². The minimum Gasteiger partial charge on any atom is -0.491 e. The number of fused-ring (bicyclic) bond motifs is 1. The minimum atomic E-state index is -5.08. The molecule has 2 heterocycles. The minimum absolute atomic E-state index is 0.190. The first-order valence-corrected chi connectivity index (χ1v) is 11.8. The highest BCUT2D eigenvalue weighted by Crippen LogP contribution is 2.21. The van der Waals surface area contributed by atoms with Crippen LogP contribution in [0.5, 0.6) is 5.75 Å². The third-order valence-corrected chi connectivity index (χ3v) is 5.00. The van der Waals surface area contributed by atoms with Crippen LogP contribution >= 0.6 is 0 Å². The number of benzene rings is 2. The number of hydrogen-bond acceptors (Lipinski definition) is 7. The van der Waals surface area contributed by atoms with E-state index in [1.54, 1.807) is 18.5 Å². The molecule has 0 aliphatic rings. The van der Waals surface area contributed by atoms with Crippen LogP contribution in [0.2, 0.25) is 0 Å². The number of carbonyl (C=O) groups excluding carboxylic acids is 1. The number of carboxylic acids is 2. The van der Waals surface area contributed by atoms with Crippen LogP contribution in [0, 0.1) is 0 Å². The highest BCUT2D eigenvalue weighted by Gasteiger charge is 2.38. The van der Waals surface area contributed by atoms with Crippen molar-refractivity contribution in [3.8, 4) is 5.75 Å². The smallest absolute Gasteiger partial charge is 0.490 e. The normalized spacial score (nSPS) is 11.7. The summed E-state index contributed by atoms with van der Waals surface area (Å²) in [4.78, 5) is 34.6. The van der Waals surface area contributed by atoms with Crippen LogP contribution in [0.25, 0.3) is 10.9 Å². The van der Waals surface area contributed by atoms with Gasteiger partial charge in [0, 0.05) is 29.5 Å². The Morgan fingerprint density at radius 2 is 1.53 bits per heavy atom. The van der Waals surface area contributed by atoms with E-state index in [0.29, 0.717) is 30.0 Å². The Labute approximate surface area is 238 Å². The number of pyridine rings is 1. The number of nitrogens with one attached hydrogen (secondary N) is 2. The van der Waals surface area contributed by atoms with Gasteiger partial charge in [0.25, 0.3) is 5.91 Å². The molecule has 0 aliphatic carbocycles. The van der Waals surface area contributed by atoms with E-state index in [1.807, 2.05) is 48.5 Å². The van der Waals surface area contributed by atoms with Gasteiger partial charge in [0.1, 0.15) is 12.4 Å². The number of hydrogen-bond donors (Lipinski definition) is 5. The fourth-order valence-electron chi connectivity index (χ4n) is 3.07. The van der Waals surface area contributed by atoms with Gasteiger partial charge in [-0.15, -0.1) is 0 Å². The average molecular weight is 615 g/mol. The molecule has 4 aromatic rings. The van der Waals surface area contributed by atoms with Gasteiger partial charge in [-0.25, -0.2) is 9.59 Å². The Morgan fingerprint density at radius 1 is 0.930 bits per heavy atom. The van der Waals surface area contributed by atoms with Gasteiger partial charge >= 0.3 is 24.3 Å². The SMILES string of the molecule is N[C@H](COc1ccncc1C(=O)Nc1ccc2[nH]ncc2c1)Cc1ccccc1.O=C(O)C(F)(F)F.O=C(O)C(F)(F)F. The van der Waals surface area contributed by atoms with E-state index in [9.17, 15) is 31.1 Å². The summed E-state index contributed by atoms with van der Waals surface area (Å²) >= 11 is 0. The summed E-state index contributed by atoms with van der Waals surface area (Å²) in [6, 6.07) is 17.0. The number of aliphatic carboxylic acids is 2. The molecule has 0 fully saturated rings. The monoisotopic (exact) mass is 615 g/mol. The van der Waals surface area contributed by atoms with E-state index in [4.69, 9.17) is 30.3 Å². The van der Waals surface area contributed by atoms with E-state index < -0.39 is 24.3 Å². The Hall–Kier alpha value is -5.19. The number of aromatic nitrogens is 3. The molecule has 43 heavy (non-hydrogen) atoms. The molecule has 230 valence electrons. The number of carbonyl (C=O) groups is 3. The molecule has 17 heteroatoms. The van der Waals surface area contributed by atoms with Crippen molar-refractivity contribution in [1.29, 1.82) is 0 Å². The molecule has 2 aromatic heterocycles. The zero-order valence-electron chi connectivity index (χ0n) is 21.7. The average Bonchev–Trinajstić information content (AvgIpc) is 3.40. The van der Waals surface area contributed by atoms with Gasteiger partial charge in [-0.2, -0.15) is 31.4 Å². The molecule has 0 bridgehead atoms. The zero-order valence-corrected chi connectivity index (χ0v) is 21.7. The Bertz CT molecular complexity index is 1490. The predicted molar refractivity (Wildman–Crippen MR) is 139 cm³/mol. The second kappa shape index (κ2) is 15.2. The summed E-state index contributed by atoms with van der Waals surface area (Å²) in [7, 11) is 0. The fourth-order valence-corrected chi connectivity index (χ4v) is 3.07. The Kier molecular flexibility index (Phi) is 12.0. The Morgan fingerprint density at radius 3 is 2.12 bits per heavy atom. The lowest BCUT2D eigenvalue weighted by Crippen LogP contribution is -2.30. The van der Waals surface area contributed by atoms with Crippen molar-refractivity contribution in [3.05, 3.63) is 84.3 Å². The third-order valence-electron chi connectivity index (χ3n) is 5.00. The number of amides is 1. The number of nitrogens with two attached hydrogens (primary N) is 1. The number of carboxylic acid groups (broad SMARTS) is 2. The summed E-state index contributed by atoms with van der Waals surface area (Å²) in [6.45, 7) is 0.292. The van der Waals surface area contributed by atoms with Gasteiger partial charge in [0.2, 0.25) is 0 Å². The quantitative estimate of drug-likeness (QED) is 0.188. The van der Waals surface area contributed by atoms with Gasteiger partial charge in [-0.05, 0) is 36.2 Å². The van der Waals surface area contributed by atoms with Gasteiger partial charge in [-0.3, -0.25) is 14.9 Å². The molecule has 1 atom stereocenters. The molecule has 6 N–H and O–H groups in total. The lowest BCUT2D eigenvalue weighted by atomic mass is 10.1. The second-order valence-electron chi connectivity index (χ2n) is 8.36. The summed E-state index contributed by atoms with van der Waals surface area (Å²) in [6.07, 6.45) is -4.69. The third kappa shape index (κ3) is 11.7. The first-order valence-electron chi connectivity index (χ1n) is 11.8. The van der Waals surface area contributed by atoms with Gasteiger partial charge in [-0.1, -0.05) is 30.3 Å². The number of halogens is 6. The summed E-state index contributed by atoms with van der Waals surface area (Å²) in [5.74, 6) is -5.36. The maximum Gasteiger partial charge on any atom is 0.490 e. The van der Waals surface area contributed by atoms with E-state index in [2.05, 4.69) is 20.5 Å². The van der Waals surface area contributed by atoms with E-state index in [1.165, 1.54) is 6.20 Å². The molecule has 11 nitrogen and oxygen atoms in total. The summed E-state index contributed by atoms with van der Waals surface area (Å²) in [5, 5.41) is 24.9. The van der Waals surface area contributed by atoms with Gasteiger partial charge < -0.3 is 26.0 Å². The zero-order chi connectivity index (χ0) is 32.2. The molecule has 2 aromatic carbocycles. The maximum absolute atomic E-state index is 12.8. The largest absolute Gasteiger partial charge is 0.491 e. The van der Waals surface area contributed by atoms with Crippen molar-refractivity contribution in [1.82, 2.24) is 15.2 Å². The number of H-pyrrole nitrogens is 1. The van der Waals surface area contributed by atoms with Crippen molar-refractivity contribution in [2.45, 2.75) is 24.8 Å². The molecule has 1 amide bonds. The number of anilines is 1. The molecular weight excluding hydrogens is 592 g/mol. The molecule has 0 saturated heterocycles. The van der Waals surface area contributed by atoms with Crippen molar-refractivity contribution in [2.75, 3.05) is 11.9 Å². The first kappa shape index (κ1) is 34.0. The highest BCUT2D eigenvalue weighted by atomic mass is 19.4. The standard InChI is InChI=1S/C22H21N5O2.2C2HF3O2/c23-17(10-15-4-2-1-3-5-15)14-29-21-8-9-24-13-19(21)22(28)26-18-6-7-20-16(11-18)12-25-27-20;2*3-2(4,5)1(6)7/h1-9,11-13,17H,10,14,23H2,(H,25,27)(H,26,28);2*(H,6,7)/t17-;;/m0../s1. The van der Waals surface area contributed by atoms with Crippen LogP contribution in [0.1, 0.15) is 15.9 Å². The molecule has 0 radical (unpaired) electrons. The first-order chi connectivity index (χ1) is 20.1. The topological polar surface area (TPSA) is 181 Å². The second-order valence-corrected chi connectivity index (χ2v) is 8.36. The molecule has 0 saturated carbocycles. The van der Waals surface area contributed by atoms with Crippen LogP contribution in [0.3, 0.4) is 0 Å². The Balaban J connectivity index is 0.000000384. The van der Waals surface area contributed by atoms with Crippen molar-refractivity contribution in [2.24, 2.45) is 5.73 Å². The van der Waals surface area contributed by atoms with Crippen LogP contribution in [0.15, 0.2) is 73.2 Å². The highest BCUT2D eigenvalue weighted by molar-refractivity contribution is 6.06. The van der Waals surface area contributed by atoms with Crippen LogP contribution in [-0.2, 0) is 16.0 Å². The van der Waals surface area contributed by atoms with E-state index in [0.717, 1.165) is 16.5 Å².